The zero-order valence-electron chi connectivity index (χ0n) is 7.60. The number of rotatable bonds is 2. The Morgan fingerprint density at radius 3 is 3.00 bits per heavy atom. The van der Waals surface area contributed by atoms with Crippen LogP contribution in [-0.2, 0) is 0 Å². The van der Waals surface area contributed by atoms with Gasteiger partial charge < -0.3 is 4.42 Å². The quantitative estimate of drug-likeness (QED) is 0.777. The van der Waals surface area contributed by atoms with E-state index in [0.717, 1.165) is 0 Å². The maximum atomic E-state index is 11.7. The molecule has 2 rings (SSSR count). The van der Waals surface area contributed by atoms with E-state index in [1.165, 1.54) is 11.2 Å². The van der Waals surface area contributed by atoms with Crippen LogP contribution in [0.1, 0.15) is 10.6 Å². The monoisotopic (exact) mass is 191 g/mol. The molecule has 0 aliphatic rings. The van der Waals surface area contributed by atoms with Crippen molar-refractivity contribution < 1.29 is 9.21 Å². The second-order valence-electron chi connectivity index (χ2n) is 2.77. The number of hydrogen-bond acceptors (Lipinski definition) is 3. The molecule has 2 heterocycles. The molecule has 0 saturated heterocycles. The third-order valence-electron chi connectivity index (χ3n) is 1.87. The van der Waals surface area contributed by atoms with Gasteiger partial charge in [0.2, 0.25) is 0 Å². The van der Waals surface area contributed by atoms with Crippen molar-refractivity contribution in [3.05, 3.63) is 36.4 Å². The Balaban J connectivity index is 2.21. The lowest BCUT2D eigenvalue weighted by molar-refractivity contribution is 0.0966. The van der Waals surface area contributed by atoms with Gasteiger partial charge in [0.05, 0.1) is 6.26 Å². The van der Waals surface area contributed by atoms with Crippen molar-refractivity contribution in [2.45, 2.75) is 0 Å². The second kappa shape index (κ2) is 3.37. The van der Waals surface area contributed by atoms with Crippen LogP contribution in [0.3, 0.4) is 0 Å². The van der Waals surface area contributed by atoms with Crippen LogP contribution in [0.2, 0.25) is 0 Å². The average molecular weight is 191 g/mol. The molecule has 1 amide bonds. The first kappa shape index (κ1) is 8.55. The van der Waals surface area contributed by atoms with Crippen LogP contribution in [0.25, 0.3) is 0 Å². The number of nitrogens with one attached hydrogen (secondary N) is 1. The summed E-state index contributed by atoms with van der Waals surface area (Å²) in [7, 11) is 1.64. The minimum absolute atomic E-state index is 0.220. The Kier molecular flexibility index (Phi) is 2.06. The Morgan fingerprint density at radius 2 is 2.43 bits per heavy atom. The van der Waals surface area contributed by atoms with Crippen molar-refractivity contribution in [1.29, 1.82) is 0 Å². The fourth-order valence-corrected chi connectivity index (χ4v) is 1.11. The van der Waals surface area contributed by atoms with Gasteiger partial charge in [0.15, 0.2) is 11.6 Å². The molecule has 0 saturated carbocycles. The van der Waals surface area contributed by atoms with Crippen LogP contribution in [0.5, 0.6) is 0 Å². The van der Waals surface area contributed by atoms with Crippen molar-refractivity contribution in [2.24, 2.45) is 0 Å². The number of nitrogens with zero attached hydrogens (tertiary/aromatic N) is 2. The van der Waals surface area contributed by atoms with Gasteiger partial charge >= 0.3 is 0 Å². The summed E-state index contributed by atoms with van der Waals surface area (Å²) in [5.41, 5.74) is 0. The molecule has 14 heavy (non-hydrogen) atoms. The Hall–Kier alpha value is -2.04. The fourth-order valence-electron chi connectivity index (χ4n) is 1.11. The SMILES string of the molecule is CN(C(=O)c1ccco1)c1cc[nH]n1. The Labute approximate surface area is 80.3 Å². The van der Waals surface area contributed by atoms with Gasteiger partial charge in [0.25, 0.3) is 5.91 Å². The average Bonchev–Trinajstić information content (AvgIpc) is 2.87. The summed E-state index contributed by atoms with van der Waals surface area (Å²) in [6, 6.07) is 5.00. The van der Waals surface area contributed by atoms with Crippen LogP contribution in [0.15, 0.2) is 35.1 Å². The number of furan rings is 1. The molecule has 0 aromatic carbocycles. The van der Waals surface area contributed by atoms with Gasteiger partial charge in [-0.1, -0.05) is 0 Å². The number of H-pyrrole nitrogens is 1. The maximum absolute atomic E-state index is 11.7. The second-order valence-corrected chi connectivity index (χ2v) is 2.77. The maximum Gasteiger partial charge on any atom is 0.294 e. The summed E-state index contributed by atoms with van der Waals surface area (Å²) in [5.74, 6) is 0.643. The Morgan fingerprint density at radius 1 is 1.57 bits per heavy atom. The molecule has 0 aliphatic carbocycles. The molecule has 2 aromatic heterocycles. The number of aromatic amines is 1. The molecule has 0 unspecified atom stereocenters. The normalized spacial score (nSPS) is 10.1. The first-order chi connectivity index (χ1) is 6.79. The van der Waals surface area contributed by atoms with Crippen molar-refractivity contribution in [1.82, 2.24) is 10.2 Å². The van der Waals surface area contributed by atoms with Crippen LogP contribution in [-0.4, -0.2) is 23.2 Å². The number of aromatic nitrogens is 2. The number of hydrogen-bond donors (Lipinski definition) is 1. The Bertz CT molecular complexity index is 405. The molecule has 0 atom stereocenters. The van der Waals surface area contributed by atoms with E-state index >= 15 is 0 Å². The third-order valence-corrected chi connectivity index (χ3v) is 1.87. The zero-order chi connectivity index (χ0) is 9.97. The first-order valence-electron chi connectivity index (χ1n) is 4.10. The first-order valence-corrected chi connectivity index (χ1v) is 4.10. The molecule has 1 N–H and O–H groups in total. The van der Waals surface area contributed by atoms with Crippen LogP contribution in [0, 0.1) is 0 Å². The van der Waals surface area contributed by atoms with Gasteiger partial charge in [-0.15, -0.1) is 0 Å². The highest BCUT2D eigenvalue weighted by molar-refractivity contribution is 6.03. The van der Waals surface area contributed by atoms with E-state index in [2.05, 4.69) is 10.2 Å². The van der Waals surface area contributed by atoms with Crippen LogP contribution < -0.4 is 4.90 Å². The van der Waals surface area contributed by atoms with Crippen molar-refractivity contribution in [3.63, 3.8) is 0 Å². The summed E-state index contributed by atoms with van der Waals surface area (Å²) in [5, 5.41) is 6.52. The van der Waals surface area contributed by atoms with E-state index in [1.807, 2.05) is 0 Å². The van der Waals surface area contributed by atoms with Gasteiger partial charge in [0, 0.05) is 19.3 Å². The van der Waals surface area contributed by atoms with Gasteiger partial charge in [-0.25, -0.2) is 0 Å². The summed E-state index contributed by atoms with van der Waals surface area (Å²) in [6.07, 6.45) is 3.12. The standard InChI is InChI=1S/C9H9N3O2/c1-12(8-4-5-10-11-8)9(13)7-3-2-6-14-7/h2-6H,1H3,(H,10,11). The molecule has 0 radical (unpaired) electrons. The highest BCUT2D eigenvalue weighted by Gasteiger charge is 2.16. The lowest BCUT2D eigenvalue weighted by Gasteiger charge is -2.11. The lowest BCUT2D eigenvalue weighted by atomic mass is 10.4. The van der Waals surface area contributed by atoms with E-state index in [9.17, 15) is 4.79 Å². The van der Waals surface area contributed by atoms with E-state index in [1.54, 1.807) is 31.4 Å². The predicted molar refractivity (Wildman–Crippen MR) is 50.0 cm³/mol. The summed E-state index contributed by atoms with van der Waals surface area (Å²) < 4.78 is 4.99. The summed E-state index contributed by atoms with van der Waals surface area (Å²) >= 11 is 0. The highest BCUT2D eigenvalue weighted by atomic mass is 16.3. The number of carbonyl (C=O) groups excluding carboxylic acids is 1. The van der Waals surface area contributed by atoms with E-state index in [0.29, 0.717) is 11.6 Å². The van der Waals surface area contributed by atoms with Gasteiger partial charge in [0.1, 0.15) is 0 Å². The summed E-state index contributed by atoms with van der Waals surface area (Å²) in [6.45, 7) is 0. The minimum Gasteiger partial charge on any atom is -0.459 e. The lowest BCUT2D eigenvalue weighted by Crippen LogP contribution is -2.26. The van der Waals surface area contributed by atoms with Gasteiger partial charge in [-0.2, -0.15) is 5.10 Å². The zero-order valence-corrected chi connectivity index (χ0v) is 7.60. The highest BCUT2D eigenvalue weighted by Crippen LogP contribution is 2.11. The predicted octanol–water partition coefficient (Wildman–Crippen LogP) is 1.28. The molecule has 0 spiro atoms. The number of amides is 1. The van der Waals surface area contributed by atoms with E-state index < -0.39 is 0 Å². The molecule has 0 fully saturated rings. The van der Waals surface area contributed by atoms with Crippen LogP contribution in [0.4, 0.5) is 5.82 Å². The van der Waals surface area contributed by atoms with Gasteiger partial charge in [-0.05, 0) is 12.1 Å². The molecule has 2 aromatic rings. The molecule has 5 nitrogen and oxygen atoms in total. The number of carbonyl (C=O) groups is 1. The third kappa shape index (κ3) is 1.39. The molecule has 72 valence electrons. The van der Waals surface area contributed by atoms with Crippen molar-refractivity contribution >= 4 is 11.7 Å². The topological polar surface area (TPSA) is 62.1 Å². The molecule has 0 aliphatic heterocycles. The molecular weight excluding hydrogens is 182 g/mol. The van der Waals surface area contributed by atoms with E-state index in [4.69, 9.17) is 4.42 Å². The van der Waals surface area contributed by atoms with Gasteiger partial charge in [-0.3, -0.25) is 14.8 Å². The van der Waals surface area contributed by atoms with Crippen LogP contribution >= 0.6 is 0 Å². The summed E-state index contributed by atoms with van der Waals surface area (Å²) in [4.78, 5) is 13.1. The molecular formula is C9H9N3O2. The number of anilines is 1. The molecule has 5 heteroatoms. The van der Waals surface area contributed by atoms with E-state index in [-0.39, 0.29) is 5.91 Å². The van der Waals surface area contributed by atoms with Crippen molar-refractivity contribution in [3.8, 4) is 0 Å². The minimum atomic E-state index is -0.220. The smallest absolute Gasteiger partial charge is 0.294 e. The molecule has 0 bridgehead atoms. The largest absolute Gasteiger partial charge is 0.459 e. The van der Waals surface area contributed by atoms with Crippen molar-refractivity contribution in [2.75, 3.05) is 11.9 Å². The fraction of sp³-hybridized carbons (Fsp3) is 0.111.